The molecular formula is C12H20O4. The Morgan fingerprint density at radius 2 is 1.62 bits per heavy atom. The van der Waals surface area contributed by atoms with Crippen LogP contribution in [0.15, 0.2) is 0 Å². The summed E-state index contributed by atoms with van der Waals surface area (Å²) in [5, 5.41) is 17.8. The monoisotopic (exact) mass is 228 g/mol. The minimum Gasteiger partial charge on any atom is -0.481 e. The molecule has 0 heterocycles. The normalized spacial score (nSPS) is 28.6. The third-order valence-corrected chi connectivity index (χ3v) is 3.91. The van der Waals surface area contributed by atoms with Gasteiger partial charge in [-0.2, -0.15) is 0 Å². The lowest BCUT2D eigenvalue weighted by atomic mass is 9.63. The molecule has 92 valence electrons. The lowest BCUT2D eigenvalue weighted by Gasteiger charge is -2.41. The molecule has 0 bridgehead atoms. The quantitative estimate of drug-likeness (QED) is 0.774. The van der Waals surface area contributed by atoms with Crippen molar-refractivity contribution in [3.8, 4) is 0 Å². The predicted molar refractivity (Wildman–Crippen MR) is 59.1 cm³/mol. The number of hydrogen-bond acceptors (Lipinski definition) is 2. The maximum atomic E-state index is 10.8. The maximum absolute atomic E-state index is 10.8. The molecule has 0 amide bonds. The fourth-order valence-electron chi connectivity index (χ4n) is 2.83. The van der Waals surface area contributed by atoms with Crippen molar-refractivity contribution in [2.24, 2.45) is 17.3 Å². The van der Waals surface area contributed by atoms with E-state index in [9.17, 15) is 9.59 Å². The molecule has 1 saturated carbocycles. The van der Waals surface area contributed by atoms with E-state index in [2.05, 4.69) is 13.8 Å². The Kier molecular flexibility index (Phi) is 3.94. The average molecular weight is 228 g/mol. The summed E-state index contributed by atoms with van der Waals surface area (Å²) in [5.41, 5.74) is -0.524. The van der Waals surface area contributed by atoms with Crippen LogP contribution in [0.1, 0.15) is 46.0 Å². The first-order chi connectivity index (χ1) is 7.34. The molecule has 1 rings (SSSR count). The molecular weight excluding hydrogens is 208 g/mol. The Balaban J connectivity index is 2.78. The van der Waals surface area contributed by atoms with Crippen molar-refractivity contribution in [1.82, 2.24) is 0 Å². The van der Waals surface area contributed by atoms with Crippen LogP contribution in [-0.2, 0) is 9.59 Å². The summed E-state index contributed by atoms with van der Waals surface area (Å²) in [5.74, 6) is -0.797. The number of aliphatic carboxylic acids is 2. The van der Waals surface area contributed by atoms with Gasteiger partial charge in [-0.05, 0) is 36.5 Å². The largest absolute Gasteiger partial charge is 0.481 e. The summed E-state index contributed by atoms with van der Waals surface area (Å²) >= 11 is 0. The Hall–Kier alpha value is -1.06. The molecule has 0 spiro atoms. The summed E-state index contributed by atoms with van der Waals surface area (Å²) < 4.78 is 0. The van der Waals surface area contributed by atoms with Crippen molar-refractivity contribution < 1.29 is 19.8 Å². The third kappa shape index (κ3) is 3.22. The Morgan fingerprint density at radius 3 is 2.00 bits per heavy atom. The first kappa shape index (κ1) is 13.0. The molecule has 0 aromatic rings. The van der Waals surface area contributed by atoms with E-state index in [0.29, 0.717) is 18.3 Å². The molecule has 16 heavy (non-hydrogen) atoms. The molecule has 0 aromatic heterocycles. The molecule has 1 aliphatic rings. The van der Waals surface area contributed by atoms with Gasteiger partial charge in [0.25, 0.3) is 0 Å². The summed E-state index contributed by atoms with van der Waals surface area (Å²) in [7, 11) is 0. The second-order valence-corrected chi connectivity index (χ2v) is 5.34. The minimum atomic E-state index is -0.886. The fraction of sp³-hybridized carbons (Fsp3) is 0.833. The Bertz CT molecular complexity index is 269. The van der Waals surface area contributed by atoms with Crippen molar-refractivity contribution in [2.45, 2.75) is 46.0 Å². The van der Waals surface area contributed by atoms with Gasteiger partial charge in [0.2, 0.25) is 0 Å². The van der Waals surface area contributed by atoms with Crippen LogP contribution in [0.4, 0.5) is 0 Å². The van der Waals surface area contributed by atoms with Gasteiger partial charge in [-0.25, -0.2) is 0 Å². The molecule has 0 saturated heterocycles. The van der Waals surface area contributed by atoms with Crippen molar-refractivity contribution in [2.75, 3.05) is 0 Å². The van der Waals surface area contributed by atoms with Crippen molar-refractivity contribution in [1.29, 1.82) is 0 Å². The molecule has 2 atom stereocenters. The highest BCUT2D eigenvalue weighted by atomic mass is 16.4. The SMILES string of the molecule is CC1CCC(CC(=O)O)(CC(=O)O)CC1C. The second-order valence-electron chi connectivity index (χ2n) is 5.34. The van der Waals surface area contributed by atoms with Crippen LogP contribution in [0.5, 0.6) is 0 Å². The topological polar surface area (TPSA) is 74.6 Å². The van der Waals surface area contributed by atoms with Gasteiger partial charge in [0.15, 0.2) is 0 Å². The van der Waals surface area contributed by atoms with Gasteiger partial charge in [-0.3, -0.25) is 9.59 Å². The second kappa shape index (κ2) is 4.85. The molecule has 2 N–H and O–H groups in total. The molecule has 0 radical (unpaired) electrons. The summed E-state index contributed by atoms with van der Waals surface area (Å²) in [6.45, 7) is 4.23. The van der Waals surface area contributed by atoms with E-state index in [1.807, 2.05) is 0 Å². The highest BCUT2D eigenvalue weighted by Gasteiger charge is 2.40. The number of carbonyl (C=O) groups is 2. The van der Waals surface area contributed by atoms with Gasteiger partial charge in [-0.1, -0.05) is 13.8 Å². The van der Waals surface area contributed by atoms with Crippen molar-refractivity contribution in [3.63, 3.8) is 0 Å². The van der Waals surface area contributed by atoms with Crippen LogP contribution >= 0.6 is 0 Å². The van der Waals surface area contributed by atoms with Crippen LogP contribution in [0.25, 0.3) is 0 Å². The fourth-order valence-corrected chi connectivity index (χ4v) is 2.83. The van der Waals surface area contributed by atoms with Crippen LogP contribution in [-0.4, -0.2) is 22.2 Å². The van der Waals surface area contributed by atoms with E-state index in [0.717, 1.165) is 12.8 Å². The first-order valence-electron chi connectivity index (χ1n) is 5.78. The molecule has 4 nitrogen and oxygen atoms in total. The van der Waals surface area contributed by atoms with Gasteiger partial charge in [0, 0.05) is 0 Å². The standard InChI is InChI=1S/C12H20O4/c1-8-3-4-12(5-9(8)2,6-10(13)14)7-11(15)16/h8-9H,3-7H2,1-2H3,(H,13,14)(H,15,16). The maximum Gasteiger partial charge on any atom is 0.303 e. The number of carboxylic acids is 2. The van der Waals surface area contributed by atoms with Crippen LogP contribution in [0.3, 0.4) is 0 Å². The highest BCUT2D eigenvalue weighted by molar-refractivity contribution is 5.72. The van der Waals surface area contributed by atoms with E-state index >= 15 is 0 Å². The molecule has 1 aliphatic carbocycles. The highest BCUT2D eigenvalue weighted by Crippen LogP contribution is 2.46. The van der Waals surface area contributed by atoms with Crippen LogP contribution in [0.2, 0.25) is 0 Å². The van der Waals surface area contributed by atoms with E-state index in [1.165, 1.54) is 0 Å². The van der Waals surface area contributed by atoms with E-state index < -0.39 is 17.4 Å². The number of hydrogen-bond donors (Lipinski definition) is 2. The first-order valence-corrected chi connectivity index (χ1v) is 5.78. The van der Waals surface area contributed by atoms with Gasteiger partial charge in [0.1, 0.15) is 0 Å². The molecule has 4 heteroatoms. The lowest BCUT2D eigenvalue weighted by molar-refractivity contribution is -0.145. The van der Waals surface area contributed by atoms with Crippen LogP contribution in [0, 0.1) is 17.3 Å². The third-order valence-electron chi connectivity index (χ3n) is 3.91. The van der Waals surface area contributed by atoms with Crippen molar-refractivity contribution in [3.05, 3.63) is 0 Å². The summed E-state index contributed by atoms with van der Waals surface area (Å²) in [6, 6.07) is 0. The zero-order valence-electron chi connectivity index (χ0n) is 9.90. The zero-order valence-corrected chi connectivity index (χ0v) is 9.90. The molecule has 2 unspecified atom stereocenters. The summed E-state index contributed by atoms with van der Waals surface area (Å²) in [4.78, 5) is 21.7. The van der Waals surface area contributed by atoms with E-state index in [1.54, 1.807) is 0 Å². The predicted octanol–water partition coefficient (Wildman–Crippen LogP) is 2.38. The smallest absolute Gasteiger partial charge is 0.303 e. The number of carboxylic acid groups (broad SMARTS) is 2. The lowest BCUT2D eigenvalue weighted by Crippen LogP contribution is -2.35. The molecule has 0 aromatic carbocycles. The van der Waals surface area contributed by atoms with E-state index in [-0.39, 0.29) is 12.8 Å². The molecule has 1 fully saturated rings. The average Bonchev–Trinajstić information content (AvgIpc) is 2.09. The molecule has 0 aliphatic heterocycles. The van der Waals surface area contributed by atoms with Gasteiger partial charge in [-0.15, -0.1) is 0 Å². The van der Waals surface area contributed by atoms with Gasteiger partial charge in [0.05, 0.1) is 12.8 Å². The Morgan fingerprint density at radius 1 is 1.12 bits per heavy atom. The van der Waals surface area contributed by atoms with Crippen LogP contribution < -0.4 is 0 Å². The van der Waals surface area contributed by atoms with Gasteiger partial charge < -0.3 is 10.2 Å². The Labute approximate surface area is 95.7 Å². The minimum absolute atomic E-state index is 0.0175. The number of rotatable bonds is 4. The van der Waals surface area contributed by atoms with E-state index in [4.69, 9.17) is 10.2 Å². The zero-order chi connectivity index (χ0) is 12.3. The van der Waals surface area contributed by atoms with Crippen molar-refractivity contribution >= 4 is 11.9 Å². The van der Waals surface area contributed by atoms with Gasteiger partial charge >= 0.3 is 11.9 Å². The summed E-state index contributed by atoms with van der Waals surface area (Å²) in [6.07, 6.45) is 2.33.